The monoisotopic (exact) mass is 336 g/mol. The minimum atomic E-state index is 0.427. The average Bonchev–Trinajstić information content (AvgIpc) is 2.62. The lowest BCUT2D eigenvalue weighted by Gasteiger charge is -2.34. The Hall–Kier alpha value is -2.10. The van der Waals surface area contributed by atoms with Gasteiger partial charge in [0.05, 0.1) is 0 Å². The van der Waals surface area contributed by atoms with Crippen LogP contribution in [0.15, 0.2) is 48.5 Å². The van der Waals surface area contributed by atoms with Crippen molar-refractivity contribution < 1.29 is 5.11 Å². The Morgan fingerprint density at radius 1 is 0.920 bits per heavy atom. The lowest BCUT2D eigenvalue weighted by molar-refractivity contribution is 0.136. The van der Waals surface area contributed by atoms with Gasteiger partial charge in [0, 0.05) is 44.8 Å². The Balaban J connectivity index is 1.47. The summed E-state index contributed by atoms with van der Waals surface area (Å²) in [5, 5.41) is 10.2. The molecule has 0 saturated carbocycles. The Kier molecular flexibility index (Phi) is 5.90. The van der Waals surface area contributed by atoms with E-state index in [4.69, 9.17) is 0 Å². The normalized spacial score (nSPS) is 16.6. The smallest absolute Gasteiger partial charge is 0.120 e. The second kappa shape index (κ2) is 8.32. The lowest BCUT2D eigenvalue weighted by Crippen LogP contribution is -2.45. The number of piperazine rings is 1. The van der Waals surface area contributed by atoms with E-state index in [1.807, 2.05) is 19.1 Å². The van der Waals surface area contributed by atoms with Gasteiger partial charge in [-0.05, 0) is 36.6 Å². The van der Waals surface area contributed by atoms with Crippen LogP contribution in [0.25, 0.3) is 6.08 Å². The molecule has 1 heterocycles. The zero-order chi connectivity index (χ0) is 17.6. The number of aromatic hydroxyl groups is 1. The van der Waals surface area contributed by atoms with Crippen molar-refractivity contribution >= 4 is 6.08 Å². The average molecular weight is 336 g/mol. The zero-order valence-electron chi connectivity index (χ0n) is 15.3. The van der Waals surface area contributed by atoms with Crippen molar-refractivity contribution in [3.63, 3.8) is 0 Å². The van der Waals surface area contributed by atoms with Gasteiger partial charge in [-0.3, -0.25) is 9.80 Å². The molecule has 3 nitrogen and oxygen atoms in total. The molecule has 0 amide bonds. The minimum Gasteiger partial charge on any atom is -0.508 e. The number of hydrogen-bond donors (Lipinski definition) is 1. The van der Waals surface area contributed by atoms with Crippen molar-refractivity contribution in [2.75, 3.05) is 32.7 Å². The minimum absolute atomic E-state index is 0.427. The summed E-state index contributed by atoms with van der Waals surface area (Å²) in [7, 11) is 0. The molecular weight excluding hydrogens is 308 g/mol. The maximum Gasteiger partial charge on any atom is 0.120 e. The first-order chi connectivity index (χ1) is 12.1. The number of benzene rings is 2. The van der Waals surface area contributed by atoms with Crippen LogP contribution in [0.4, 0.5) is 0 Å². The third kappa shape index (κ3) is 4.94. The Bertz CT molecular complexity index is 716. The van der Waals surface area contributed by atoms with Crippen LogP contribution in [0.5, 0.6) is 5.75 Å². The topological polar surface area (TPSA) is 26.7 Å². The van der Waals surface area contributed by atoms with Crippen LogP contribution in [0.1, 0.15) is 22.3 Å². The van der Waals surface area contributed by atoms with Crippen LogP contribution < -0.4 is 0 Å². The quantitative estimate of drug-likeness (QED) is 0.899. The summed E-state index contributed by atoms with van der Waals surface area (Å²) in [6.45, 7) is 10.2. The second-order valence-electron chi connectivity index (χ2n) is 6.95. The first-order valence-corrected chi connectivity index (χ1v) is 9.07. The van der Waals surface area contributed by atoms with Crippen LogP contribution in [0, 0.1) is 13.8 Å². The highest BCUT2D eigenvalue weighted by Crippen LogP contribution is 2.23. The van der Waals surface area contributed by atoms with E-state index in [9.17, 15) is 5.11 Å². The maximum atomic E-state index is 10.2. The SMILES string of the molecule is Cc1cc(O)c(CN2CCN(CC=Cc3ccccc3)CC2)cc1C. The molecule has 1 N–H and O–H groups in total. The molecule has 0 aromatic heterocycles. The molecule has 1 aliphatic heterocycles. The van der Waals surface area contributed by atoms with Crippen molar-refractivity contribution in [2.45, 2.75) is 20.4 Å². The van der Waals surface area contributed by atoms with Crippen molar-refractivity contribution in [1.29, 1.82) is 0 Å². The molecule has 2 aromatic carbocycles. The summed E-state index contributed by atoms with van der Waals surface area (Å²) < 4.78 is 0. The molecule has 0 spiro atoms. The van der Waals surface area contributed by atoms with Gasteiger partial charge in [0.15, 0.2) is 0 Å². The number of rotatable bonds is 5. The van der Waals surface area contributed by atoms with Gasteiger partial charge in [0.25, 0.3) is 0 Å². The number of phenolic OH excluding ortho intramolecular Hbond substituents is 1. The standard InChI is InChI=1S/C22H28N2O/c1-18-15-21(22(25)16-19(18)2)17-24-13-11-23(12-14-24)10-6-9-20-7-4-3-5-8-20/h3-9,15-16,25H,10-14,17H2,1-2H3. The van der Waals surface area contributed by atoms with Crippen LogP contribution >= 0.6 is 0 Å². The highest BCUT2D eigenvalue weighted by atomic mass is 16.3. The third-order valence-corrected chi connectivity index (χ3v) is 5.03. The van der Waals surface area contributed by atoms with Gasteiger partial charge in [-0.25, -0.2) is 0 Å². The molecule has 0 aliphatic carbocycles. The number of phenols is 1. The fourth-order valence-electron chi connectivity index (χ4n) is 3.26. The predicted molar refractivity (Wildman–Crippen MR) is 105 cm³/mol. The molecule has 1 fully saturated rings. The largest absolute Gasteiger partial charge is 0.508 e. The fourth-order valence-corrected chi connectivity index (χ4v) is 3.26. The van der Waals surface area contributed by atoms with E-state index in [2.05, 4.69) is 59.2 Å². The summed E-state index contributed by atoms with van der Waals surface area (Å²) in [5.74, 6) is 0.427. The number of aryl methyl sites for hydroxylation is 2. The van der Waals surface area contributed by atoms with Gasteiger partial charge in [-0.1, -0.05) is 48.6 Å². The van der Waals surface area contributed by atoms with E-state index in [0.29, 0.717) is 5.75 Å². The van der Waals surface area contributed by atoms with E-state index >= 15 is 0 Å². The first-order valence-electron chi connectivity index (χ1n) is 9.07. The zero-order valence-corrected chi connectivity index (χ0v) is 15.3. The second-order valence-corrected chi connectivity index (χ2v) is 6.95. The van der Waals surface area contributed by atoms with Crippen molar-refractivity contribution in [3.05, 3.63) is 70.8 Å². The van der Waals surface area contributed by atoms with Gasteiger partial charge in [0.1, 0.15) is 5.75 Å². The molecule has 25 heavy (non-hydrogen) atoms. The molecule has 1 saturated heterocycles. The molecule has 2 aromatic rings. The predicted octanol–water partition coefficient (Wildman–Crippen LogP) is 3.84. The highest BCUT2D eigenvalue weighted by molar-refractivity contribution is 5.48. The van der Waals surface area contributed by atoms with Crippen LogP contribution in [-0.4, -0.2) is 47.6 Å². The molecular formula is C22H28N2O. The van der Waals surface area contributed by atoms with Gasteiger partial charge in [-0.15, -0.1) is 0 Å². The summed E-state index contributed by atoms with van der Waals surface area (Å²) in [6.07, 6.45) is 4.44. The highest BCUT2D eigenvalue weighted by Gasteiger charge is 2.17. The van der Waals surface area contributed by atoms with Gasteiger partial charge in [-0.2, -0.15) is 0 Å². The van der Waals surface area contributed by atoms with Crippen molar-refractivity contribution in [1.82, 2.24) is 9.80 Å². The first kappa shape index (κ1) is 17.7. The van der Waals surface area contributed by atoms with E-state index in [-0.39, 0.29) is 0 Å². The lowest BCUT2D eigenvalue weighted by atomic mass is 10.0. The van der Waals surface area contributed by atoms with Crippen molar-refractivity contribution in [3.8, 4) is 5.75 Å². The Morgan fingerprint density at radius 2 is 1.56 bits per heavy atom. The molecule has 0 bridgehead atoms. The summed E-state index contributed by atoms with van der Waals surface area (Å²) in [4.78, 5) is 4.91. The van der Waals surface area contributed by atoms with Crippen LogP contribution in [-0.2, 0) is 6.54 Å². The van der Waals surface area contributed by atoms with E-state index < -0.39 is 0 Å². The summed E-state index contributed by atoms with van der Waals surface area (Å²) >= 11 is 0. The van der Waals surface area contributed by atoms with Crippen LogP contribution in [0.3, 0.4) is 0 Å². The molecule has 3 rings (SSSR count). The van der Waals surface area contributed by atoms with Crippen molar-refractivity contribution in [2.24, 2.45) is 0 Å². The molecule has 0 radical (unpaired) electrons. The van der Waals surface area contributed by atoms with Gasteiger partial charge < -0.3 is 5.11 Å². The number of hydrogen-bond acceptors (Lipinski definition) is 3. The molecule has 132 valence electrons. The van der Waals surface area contributed by atoms with E-state index in [1.165, 1.54) is 11.1 Å². The fraction of sp³-hybridized carbons (Fsp3) is 0.364. The summed E-state index contributed by atoms with van der Waals surface area (Å²) in [6, 6.07) is 14.5. The number of nitrogens with zero attached hydrogens (tertiary/aromatic N) is 2. The third-order valence-electron chi connectivity index (χ3n) is 5.03. The Morgan fingerprint density at radius 3 is 2.28 bits per heavy atom. The van der Waals surface area contributed by atoms with E-state index in [0.717, 1.165) is 50.4 Å². The molecule has 1 aliphatic rings. The summed E-state index contributed by atoms with van der Waals surface area (Å²) in [5.41, 5.74) is 4.70. The van der Waals surface area contributed by atoms with Gasteiger partial charge in [0.2, 0.25) is 0 Å². The van der Waals surface area contributed by atoms with Crippen LogP contribution in [0.2, 0.25) is 0 Å². The van der Waals surface area contributed by atoms with Gasteiger partial charge >= 0.3 is 0 Å². The Labute approximate surface area is 151 Å². The molecule has 0 unspecified atom stereocenters. The maximum absolute atomic E-state index is 10.2. The molecule has 0 atom stereocenters. The molecule has 3 heteroatoms. The van der Waals surface area contributed by atoms with E-state index in [1.54, 1.807) is 0 Å².